The van der Waals surface area contributed by atoms with Crippen LogP contribution in [0, 0.1) is 0 Å². The van der Waals surface area contributed by atoms with Crippen molar-refractivity contribution in [3.05, 3.63) is 63.8 Å². The van der Waals surface area contributed by atoms with Gasteiger partial charge in [0, 0.05) is 32.5 Å². The van der Waals surface area contributed by atoms with E-state index in [-0.39, 0.29) is 6.04 Å². The van der Waals surface area contributed by atoms with Crippen molar-refractivity contribution in [1.29, 1.82) is 0 Å². The molecule has 1 aliphatic heterocycles. The van der Waals surface area contributed by atoms with Crippen molar-refractivity contribution in [2.45, 2.75) is 26.8 Å². The van der Waals surface area contributed by atoms with Crippen LogP contribution in [0.3, 0.4) is 0 Å². The molecule has 156 valence electrons. The molecular formula is C22H29FN4OS. The number of aldehydes is 1. The lowest BCUT2D eigenvalue weighted by Crippen LogP contribution is -2.27. The van der Waals surface area contributed by atoms with Gasteiger partial charge in [-0.3, -0.25) is 9.79 Å². The van der Waals surface area contributed by atoms with Crippen molar-refractivity contribution in [2.24, 2.45) is 9.98 Å². The molecule has 29 heavy (non-hydrogen) atoms. The zero-order valence-electron chi connectivity index (χ0n) is 17.9. The first-order valence-electron chi connectivity index (χ1n) is 9.08. The highest BCUT2D eigenvalue weighted by Gasteiger charge is 2.16. The van der Waals surface area contributed by atoms with E-state index in [9.17, 15) is 9.18 Å². The fourth-order valence-corrected chi connectivity index (χ4v) is 3.34. The van der Waals surface area contributed by atoms with Gasteiger partial charge in [-0.2, -0.15) is 0 Å². The summed E-state index contributed by atoms with van der Waals surface area (Å²) in [7, 11) is 5.91. The van der Waals surface area contributed by atoms with Crippen molar-refractivity contribution in [3.63, 3.8) is 0 Å². The molecule has 0 fully saturated rings. The highest BCUT2D eigenvalue weighted by Crippen LogP contribution is 2.19. The predicted molar refractivity (Wildman–Crippen MR) is 122 cm³/mol. The van der Waals surface area contributed by atoms with Crippen molar-refractivity contribution < 1.29 is 9.18 Å². The number of halogens is 1. The molecule has 0 radical (unpaired) electrons. The van der Waals surface area contributed by atoms with Crippen LogP contribution in [0.15, 0.2) is 59.0 Å². The average molecular weight is 417 g/mol. The number of allylic oxidation sites excluding steroid dienone is 4. The minimum Gasteiger partial charge on any atom is -0.377 e. The molecule has 0 amide bonds. The molecule has 0 N–H and O–H groups in total. The van der Waals surface area contributed by atoms with E-state index >= 15 is 0 Å². The summed E-state index contributed by atoms with van der Waals surface area (Å²) in [6, 6.07) is 0.0733. The van der Waals surface area contributed by atoms with Gasteiger partial charge in [0.2, 0.25) is 0 Å². The van der Waals surface area contributed by atoms with Crippen LogP contribution in [0.2, 0.25) is 0 Å². The summed E-state index contributed by atoms with van der Waals surface area (Å²) < 4.78 is 12.0. The average Bonchev–Trinajstić information content (AvgIpc) is 2.93. The first-order valence-corrected chi connectivity index (χ1v) is 9.90. The summed E-state index contributed by atoms with van der Waals surface area (Å²) in [6.45, 7) is 12.0. The van der Waals surface area contributed by atoms with Crippen molar-refractivity contribution >= 4 is 35.3 Å². The lowest BCUT2D eigenvalue weighted by atomic mass is 10.2. The molecule has 1 atom stereocenters. The van der Waals surface area contributed by atoms with Gasteiger partial charge in [0.25, 0.3) is 0 Å². The second-order valence-corrected chi connectivity index (χ2v) is 7.59. The zero-order chi connectivity index (χ0) is 22.1. The number of nitrogens with zero attached hydrogens (tertiary/aromatic N) is 4. The van der Waals surface area contributed by atoms with Gasteiger partial charge >= 0.3 is 0 Å². The van der Waals surface area contributed by atoms with Gasteiger partial charge in [-0.25, -0.2) is 9.38 Å². The number of hydrogen-bond acceptors (Lipinski definition) is 5. The van der Waals surface area contributed by atoms with E-state index < -0.39 is 5.83 Å². The van der Waals surface area contributed by atoms with Crippen molar-refractivity contribution in [2.75, 3.05) is 21.1 Å². The van der Waals surface area contributed by atoms with Gasteiger partial charge in [-0.05, 0) is 32.9 Å². The lowest BCUT2D eigenvalue weighted by molar-refractivity contribution is 0.112. The van der Waals surface area contributed by atoms with Crippen LogP contribution in [0.5, 0.6) is 0 Å². The number of likely N-dealkylation sites (N-methyl/N-ethyl adjacent to an activating group) is 1. The summed E-state index contributed by atoms with van der Waals surface area (Å²) in [5.41, 5.74) is 2.79. The molecular weight excluding hydrogens is 387 g/mol. The lowest BCUT2D eigenvalue weighted by Gasteiger charge is -2.14. The van der Waals surface area contributed by atoms with E-state index in [1.54, 1.807) is 6.34 Å². The van der Waals surface area contributed by atoms with Crippen LogP contribution >= 0.6 is 11.3 Å². The fraction of sp³-hybridized carbons (Fsp3) is 0.318. The molecule has 0 spiro atoms. The molecule has 0 saturated carbocycles. The van der Waals surface area contributed by atoms with E-state index in [4.69, 9.17) is 4.99 Å². The molecule has 5 nitrogen and oxygen atoms in total. The van der Waals surface area contributed by atoms with E-state index in [0.29, 0.717) is 10.6 Å². The smallest absolute Gasteiger partial charge is 0.162 e. The quantitative estimate of drug-likeness (QED) is 0.305. The van der Waals surface area contributed by atoms with Crippen LogP contribution in [0.4, 0.5) is 10.1 Å². The molecule has 2 heterocycles. The van der Waals surface area contributed by atoms with E-state index in [1.807, 2.05) is 57.8 Å². The van der Waals surface area contributed by atoms with Gasteiger partial charge in [-0.15, -0.1) is 11.3 Å². The minimum atomic E-state index is -0.481. The van der Waals surface area contributed by atoms with Gasteiger partial charge in [-0.1, -0.05) is 25.3 Å². The number of carbonyl (C=O) groups is 1. The number of fused-ring (bicyclic) bond motifs is 1. The standard InChI is InChI=1S/C18H24N4OS.C4H5F/c1-7-13(3)22(6)11-19-17-15(10-23)24-18-16(17)14(21(4)5)9-8-12(2)20-18;1-3-4(2)5/h7-12H,1-6H3;3H,1-2H2/b13-7+,19-11?;. The highest BCUT2D eigenvalue weighted by atomic mass is 32.1. The Bertz CT molecular complexity index is 970. The number of thiophene rings is 1. The van der Waals surface area contributed by atoms with Gasteiger partial charge in [0.15, 0.2) is 6.29 Å². The van der Waals surface area contributed by atoms with E-state index in [2.05, 4.69) is 30.3 Å². The highest BCUT2D eigenvalue weighted by molar-refractivity contribution is 7.11. The van der Waals surface area contributed by atoms with Crippen LogP contribution in [0.1, 0.15) is 30.4 Å². The largest absolute Gasteiger partial charge is 0.377 e. The normalized spacial score (nSPS) is 15.6. The number of aliphatic imine (C=N–C) groups is 1. The molecule has 1 aromatic rings. The monoisotopic (exact) mass is 416 g/mol. The van der Waals surface area contributed by atoms with Crippen LogP contribution < -0.4 is 9.89 Å². The number of hydrogen-bond donors (Lipinski definition) is 0. The van der Waals surface area contributed by atoms with E-state index in [0.717, 1.165) is 33.6 Å². The maximum absolute atomic E-state index is 11.6. The Labute approximate surface area is 176 Å². The number of carbonyl (C=O) groups excluding carboxylic acids is 1. The Morgan fingerprint density at radius 2 is 2.00 bits per heavy atom. The second kappa shape index (κ2) is 11.3. The molecule has 1 aromatic heterocycles. The predicted octanol–water partition coefficient (Wildman–Crippen LogP) is 3.98. The first-order chi connectivity index (χ1) is 13.7. The first kappa shape index (κ1) is 24.2. The Hall–Kier alpha value is -2.80. The minimum absolute atomic E-state index is 0.0733. The van der Waals surface area contributed by atoms with Gasteiger partial charge < -0.3 is 9.80 Å². The maximum Gasteiger partial charge on any atom is 0.162 e. The molecule has 1 unspecified atom stereocenters. The Morgan fingerprint density at radius 1 is 1.38 bits per heavy atom. The number of rotatable bonds is 6. The van der Waals surface area contributed by atoms with Crippen molar-refractivity contribution in [1.82, 2.24) is 9.80 Å². The summed E-state index contributed by atoms with van der Waals surface area (Å²) in [5.74, 6) is -0.481. The molecule has 0 aliphatic carbocycles. The molecule has 0 aromatic carbocycles. The van der Waals surface area contributed by atoms with Crippen molar-refractivity contribution in [3.8, 4) is 0 Å². The van der Waals surface area contributed by atoms with Crippen LogP contribution in [-0.2, 0) is 0 Å². The summed E-state index contributed by atoms with van der Waals surface area (Å²) >= 11 is 1.40. The SMILES string of the molecule is C/C=C(\C)N(C)C=Nc1c(C=O)sc2c1=C(N(C)C)C=CC(C)N=2.C=CC(=C)F. The third kappa shape index (κ3) is 6.64. The molecule has 7 heteroatoms. The Kier molecular flexibility index (Phi) is 9.41. The summed E-state index contributed by atoms with van der Waals surface area (Å²) in [5, 5.41) is 0.926. The second-order valence-electron chi connectivity index (χ2n) is 6.56. The molecule has 1 aliphatic rings. The zero-order valence-corrected chi connectivity index (χ0v) is 18.8. The Morgan fingerprint density at radius 3 is 2.48 bits per heavy atom. The summed E-state index contributed by atoms with van der Waals surface area (Å²) in [6.07, 6.45) is 9.80. The molecule has 2 rings (SSSR count). The van der Waals surface area contributed by atoms with Gasteiger partial charge in [0.1, 0.15) is 10.5 Å². The summed E-state index contributed by atoms with van der Waals surface area (Å²) in [4.78, 5) is 25.4. The third-order valence-electron chi connectivity index (χ3n) is 4.14. The maximum atomic E-state index is 11.6. The topological polar surface area (TPSA) is 48.3 Å². The van der Waals surface area contributed by atoms with Crippen LogP contribution in [-0.4, -0.2) is 49.6 Å². The van der Waals surface area contributed by atoms with Gasteiger partial charge in [0.05, 0.1) is 28.2 Å². The van der Waals surface area contributed by atoms with E-state index in [1.165, 1.54) is 11.3 Å². The third-order valence-corrected chi connectivity index (χ3v) is 5.16. The Balaban J connectivity index is 0.000000749. The van der Waals surface area contributed by atoms with Crippen LogP contribution in [0.25, 0.3) is 5.70 Å². The molecule has 0 saturated heterocycles. The molecule has 0 bridgehead atoms. The fourth-order valence-electron chi connectivity index (χ4n) is 2.31.